The maximum Gasteiger partial charge on any atom is 0.358 e. The molecule has 25 heavy (non-hydrogen) atoms. The second-order valence-electron chi connectivity index (χ2n) is 6.18. The first-order valence-corrected chi connectivity index (χ1v) is 8.98. The zero-order chi connectivity index (χ0) is 17.8. The van der Waals surface area contributed by atoms with Crippen LogP contribution in [-0.4, -0.2) is 22.1 Å². The minimum Gasteiger partial charge on any atom is -0.461 e. The summed E-state index contributed by atoms with van der Waals surface area (Å²) in [7, 11) is 0. The van der Waals surface area contributed by atoms with Crippen molar-refractivity contribution in [2.24, 2.45) is 0 Å². The first kappa shape index (κ1) is 17.5. The SMILES string of the molecule is CCOC(=O)c1cn(-c2cc(Cl)ccc2C#N)c(C2CCCCC2)n1. The molecule has 1 aromatic heterocycles. The van der Waals surface area contributed by atoms with Gasteiger partial charge in [0.05, 0.1) is 17.9 Å². The lowest BCUT2D eigenvalue weighted by atomic mass is 9.88. The molecule has 0 aliphatic heterocycles. The molecule has 1 aliphatic carbocycles. The van der Waals surface area contributed by atoms with Crippen LogP contribution in [0, 0.1) is 11.3 Å². The number of nitriles is 1. The van der Waals surface area contributed by atoms with Gasteiger partial charge in [0.25, 0.3) is 0 Å². The van der Waals surface area contributed by atoms with Gasteiger partial charge >= 0.3 is 5.97 Å². The van der Waals surface area contributed by atoms with Gasteiger partial charge in [-0.05, 0) is 38.0 Å². The van der Waals surface area contributed by atoms with Crippen LogP contribution in [0.25, 0.3) is 5.69 Å². The van der Waals surface area contributed by atoms with E-state index < -0.39 is 5.97 Å². The molecule has 6 heteroatoms. The quantitative estimate of drug-likeness (QED) is 0.748. The van der Waals surface area contributed by atoms with E-state index in [1.54, 1.807) is 31.3 Å². The van der Waals surface area contributed by atoms with Gasteiger partial charge in [0, 0.05) is 17.1 Å². The van der Waals surface area contributed by atoms with Crippen molar-refractivity contribution in [1.29, 1.82) is 5.26 Å². The van der Waals surface area contributed by atoms with E-state index in [2.05, 4.69) is 11.1 Å². The number of rotatable bonds is 4. The van der Waals surface area contributed by atoms with Crippen LogP contribution in [0.15, 0.2) is 24.4 Å². The van der Waals surface area contributed by atoms with Gasteiger partial charge in [-0.3, -0.25) is 0 Å². The lowest BCUT2D eigenvalue weighted by Gasteiger charge is -2.22. The predicted molar refractivity (Wildman–Crippen MR) is 95.1 cm³/mol. The van der Waals surface area contributed by atoms with Gasteiger partial charge in [-0.2, -0.15) is 5.26 Å². The number of imidazole rings is 1. The summed E-state index contributed by atoms with van der Waals surface area (Å²) in [6.45, 7) is 2.06. The molecule has 1 fully saturated rings. The molecule has 0 unspecified atom stereocenters. The summed E-state index contributed by atoms with van der Waals surface area (Å²) >= 11 is 6.15. The minimum absolute atomic E-state index is 0.266. The van der Waals surface area contributed by atoms with Crippen LogP contribution in [0.5, 0.6) is 0 Å². The van der Waals surface area contributed by atoms with E-state index in [4.69, 9.17) is 16.3 Å². The minimum atomic E-state index is -0.446. The Morgan fingerprint density at radius 3 is 2.84 bits per heavy atom. The van der Waals surface area contributed by atoms with Crippen LogP contribution in [0.2, 0.25) is 5.02 Å². The Bertz CT molecular complexity index is 817. The third-order valence-corrected chi connectivity index (χ3v) is 4.76. The Hall–Kier alpha value is -2.32. The molecule has 0 N–H and O–H groups in total. The zero-order valence-electron chi connectivity index (χ0n) is 14.2. The number of nitrogens with zero attached hydrogens (tertiary/aromatic N) is 3. The molecule has 0 atom stereocenters. The number of hydrogen-bond donors (Lipinski definition) is 0. The third-order valence-electron chi connectivity index (χ3n) is 4.53. The Kier molecular flexibility index (Phi) is 5.40. The summed E-state index contributed by atoms with van der Waals surface area (Å²) in [5.41, 5.74) is 1.42. The van der Waals surface area contributed by atoms with Crippen LogP contribution in [0.3, 0.4) is 0 Å². The number of carbonyl (C=O) groups excluding carboxylic acids is 1. The lowest BCUT2D eigenvalue weighted by molar-refractivity contribution is 0.0520. The Labute approximate surface area is 152 Å². The summed E-state index contributed by atoms with van der Waals surface area (Å²) < 4.78 is 6.93. The Balaban J connectivity index is 2.12. The summed E-state index contributed by atoms with van der Waals surface area (Å²) in [5.74, 6) is 0.628. The second-order valence-corrected chi connectivity index (χ2v) is 6.62. The largest absolute Gasteiger partial charge is 0.461 e. The van der Waals surface area contributed by atoms with Crippen LogP contribution >= 0.6 is 11.6 Å². The molecule has 0 amide bonds. The lowest BCUT2D eigenvalue weighted by Crippen LogP contribution is -2.12. The van der Waals surface area contributed by atoms with E-state index in [0.29, 0.717) is 22.9 Å². The van der Waals surface area contributed by atoms with E-state index in [0.717, 1.165) is 31.5 Å². The second kappa shape index (κ2) is 7.71. The number of hydrogen-bond acceptors (Lipinski definition) is 4. The standard InChI is InChI=1S/C19H20ClN3O2/c1-2-25-19(24)16-12-23(17-10-15(20)9-8-14(17)11-21)18(22-16)13-6-4-3-5-7-13/h8-10,12-13H,2-7H2,1H3. The smallest absolute Gasteiger partial charge is 0.358 e. The number of carbonyl (C=O) groups is 1. The van der Waals surface area contributed by atoms with Crippen molar-refractivity contribution >= 4 is 17.6 Å². The van der Waals surface area contributed by atoms with Crippen molar-refractivity contribution in [3.05, 3.63) is 46.5 Å². The molecule has 3 rings (SSSR count). The van der Waals surface area contributed by atoms with Crippen molar-refractivity contribution < 1.29 is 9.53 Å². The van der Waals surface area contributed by atoms with Gasteiger partial charge < -0.3 is 9.30 Å². The van der Waals surface area contributed by atoms with Gasteiger partial charge in [0.2, 0.25) is 0 Å². The number of esters is 1. The molecule has 0 saturated heterocycles. The average Bonchev–Trinajstić information content (AvgIpc) is 3.08. The van der Waals surface area contributed by atoms with Crippen molar-refractivity contribution in [2.45, 2.75) is 44.9 Å². The monoisotopic (exact) mass is 357 g/mol. The van der Waals surface area contributed by atoms with Gasteiger partial charge in [-0.25, -0.2) is 9.78 Å². The molecule has 130 valence electrons. The number of aromatic nitrogens is 2. The number of benzene rings is 1. The summed E-state index contributed by atoms with van der Waals surface area (Å²) in [4.78, 5) is 16.7. The molecule has 0 bridgehead atoms. The maximum absolute atomic E-state index is 12.2. The molecular weight excluding hydrogens is 338 g/mol. The van der Waals surface area contributed by atoms with E-state index in [1.807, 2.05) is 4.57 Å². The van der Waals surface area contributed by atoms with Gasteiger partial charge in [-0.1, -0.05) is 30.9 Å². The highest BCUT2D eigenvalue weighted by molar-refractivity contribution is 6.30. The van der Waals surface area contributed by atoms with E-state index in [1.165, 1.54) is 6.42 Å². The molecule has 1 aromatic carbocycles. The van der Waals surface area contributed by atoms with Crippen molar-refractivity contribution in [3.8, 4) is 11.8 Å². The first-order valence-electron chi connectivity index (χ1n) is 8.60. The van der Waals surface area contributed by atoms with Crippen molar-refractivity contribution in [1.82, 2.24) is 9.55 Å². The normalized spacial score (nSPS) is 14.9. The number of ether oxygens (including phenoxy) is 1. The topological polar surface area (TPSA) is 67.9 Å². The highest BCUT2D eigenvalue weighted by Crippen LogP contribution is 2.34. The fourth-order valence-electron chi connectivity index (χ4n) is 3.34. The van der Waals surface area contributed by atoms with Crippen LogP contribution < -0.4 is 0 Å². The van der Waals surface area contributed by atoms with Crippen molar-refractivity contribution in [2.75, 3.05) is 6.61 Å². The molecule has 2 aromatic rings. The molecule has 0 radical (unpaired) electrons. The van der Waals surface area contributed by atoms with Crippen LogP contribution in [0.1, 0.15) is 66.8 Å². The molecule has 1 heterocycles. The van der Waals surface area contributed by atoms with Gasteiger partial charge in [0.1, 0.15) is 11.9 Å². The first-order chi connectivity index (χ1) is 12.1. The summed E-state index contributed by atoms with van der Waals surface area (Å²) in [6, 6.07) is 7.31. The van der Waals surface area contributed by atoms with Crippen molar-refractivity contribution in [3.63, 3.8) is 0 Å². The van der Waals surface area contributed by atoms with Gasteiger partial charge in [-0.15, -0.1) is 0 Å². The summed E-state index contributed by atoms with van der Waals surface area (Å²) in [6.07, 6.45) is 7.24. The molecule has 0 spiro atoms. The molecular formula is C19H20ClN3O2. The van der Waals surface area contributed by atoms with Crippen LogP contribution in [-0.2, 0) is 4.74 Å². The molecule has 5 nitrogen and oxygen atoms in total. The fourth-order valence-corrected chi connectivity index (χ4v) is 3.50. The van der Waals surface area contributed by atoms with Crippen LogP contribution in [0.4, 0.5) is 0 Å². The highest BCUT2D eigenvalue weighted by atomic mass is 35.5. The third kappa shape index (κ3) is 3.69. The average molecular weight is 358 g/mol. The Morgan fingerprint density at radius 1 is 1.40 bits per heavy atom. The highest BCUT2D eigenvalue weighted by Gasteiger charge is 2.25. The van der Waals surface area contributed by atoms with E-state index >= 15 is 0 Å². The van der Waals surface area contributed by atoms with E-state index in [-0.39, 0.29) is 11.6 Å². The Morgan fingerprint density at radius 2 is 2.16 bits per heavy atom. The zero-order valence-corrected chi connectivity index (χ0v) is 14.9. The van der Waals surface area contributed by atoms with Gasteiger partial charge in [0.15, 0.2) is 5.69 Å². The summed E-state index contributed by atoms with van der Waals surface area (Å²) in [5, 5.41) is 9.99. The predicted octanol–water partition coefficient (Wildman–Crippen LogP) is 4.62. The maximum atomic E-state index is 12.2. The molecule has 1 aliphatic rings. The number of halogens is 1. The van der Waals surface area contributed by atoms with E-state index in [9.17, 15) is 10.1 Å². The fraction of sp³-hybridized carbons (Fsp3) is 0.421. The molecule has 1 saturated carbocycles.